The molecule has 0 atom stereocenters. The van der Waals surface area contributed by atoms with Crippen LogP contribution in [0.15, 0.2) is 145 Å². The van der Waals surface area contributed by atoms with Crippen molar-refractivity contribution in [2.75, 3.05) is 14.2 Å². The van der Waals surface area contributed by atoms with Gasteiger partial charge in [0, 0.05) is 33.4 Å². The van der Waals surface area contributed by atoms with Crippen LogP contribution in [0, 0.1) is 21.7 Å². The lowest BCUT2D eigenvalue weighted by Crippen LogP contribution is -2.28. The van der Waals surface area contributed by atoms with E-state index >= 15 is 0 Å². The molecule has 2 aromatic carbocycles. The Morgan fingerprint density at radius 3 is 1.07 bits per heavy atom. The number of carbonyl (C=O) groups is 2. The summed E-state index contributed by atoms with van der Waals surface area (Å²) in [6.45, 7) is 24.4. The van der Waals surface area contributed by atoms with Crippen molar-refractivity contribution in [1.29, 1.82) is 0 Å². The maximum Gasteiger partial charge on any atom is 0.186 e. The number of methoxy groups -OCH3 is 2. The highest BCUT2D eigenvalue weighted by Gasteiger charge is 2.36. The van der Waals surface area contributed by atoms with Gasteiger partial charge >= 0.3 is 0 Å². The summed E-state index contributed by atoms with van der Waals surface area (Å²) in [4.78, 5) is 33.3. The third-order valence-electron chi connectivity index (χ3n) is 9.88. The lowest BCUT2D eigenvalue weighted by atomic mass is 9.71. The highest BCUT2D eigenvalue weighted by molar-refractivity contribution is 6.13. The molecule has 3 aromatic rings. The van der Waals surface area contributed by atoms with Crippen LogP contribution in [0.25, 0.3) is 11.4 Å². The van der Waals surface area contributed by atoms with Crippen LogP contribution in [0.1, 0.15) is 94.5 Å². The Morgan fingerprint density at radius 1 is 0.466 bits per heavy atom. The van der Waals surface area contributed by atoms with E-state index < -0.39 is 21.7 Å². The van der Waals surface area contributed by atoms with Crippen molar-refractivity contribution in [1.82, 2.24) is 4.98 Å². The molecule has 0 amide bonds. The number of hydrogen-bond donors (Lipinski definition) is 0. The number of Topliss-reactive ketones (excluding diaryl/α,β-unsaturated/α-hetero) is 2. The van der Waals surface area contributed by atoms with Gasteiger partial charge in [-0.2, -0.15) is 0 Å². The highest BCUT2D eigenvalue weighted by Crippen LogP contribution is 2.43. The number of hydrogen-bond acceptors (Lipinski definition) is 9. The Labute approximate surface area is 344 Å². The molecule has 2 aliphatic carbocycles. The molecule has 0 bridgehead atoms. The first kappa shape index (κ1) is 43.3. The molecule has 0 saturated heterocycles. The molecule has 1 aromatic heterocycles. The van der Waals surface area contributed by atoms with Crippen molar-refractivity contribution >= 4 is 34.3 Å². The Morgan fingerprint density at radius 2 is 0.776 bits per heavy atom. The third-order valence-corrected chi connectivity index (χ3v) is 9.88. The summed E-state index contributed by atoms with van der Waals surface area (Å²) < 4.78 is 11.2. The van der Waals surface area contributed by atoms with Crippen molar-refractivity contribution < 1.29 is 19.1 Å². The van der Waals surface area contributed by atoms with Crippen molar-refractivity contribution in [2.24, 2.45) is 42.1 Å². The predicted octanol–water partition coefficient (Wildman–Crippen LogP) is 13.1. The summed E-state index contributed by atoms with van der Waals surface area (Å²) in [5.74, 6) is 1.13. The molecule has 0 fully saturated rings. The summed E-state index contributed by atoms with van der Waals surface area (Å²) in [5, 5.41) is 19.2. The second-order valence-electron chi connectivity index (χ2n) is 18.6. The van der Waals surface area contributed by atoms with Gasteiger partial charge in [0.1, 0.15) is 34.3 Å². The maximum absolute atomic E-state index is 14.0. The number of benzene rings is 2. The van der Waals surface area contributed by atoms with Crippen molar-refractivity contribution in [3.8, 4) is 11.5 Å². The molecule has 2 aliphatic rings. The normalized spacial score (nSPS) is 15.7. The largest absolute Gasteiger partial charge is 0.494 e. The third kappa shape index (κ3) is 9.64. The van der Waals surface area contributed by atoms with Crippen LogP contribution >= 0.6 is 0 Å². The number of carbonyl (C=O) groups excluding carboxylic acids is 2. The van der Waals surface area contributed by atoms with Crippen LogP contribution in [0.2, 0.25) is 0 Å². The SMILES string of the molecule is COc1ccccc1/N=N/C(=C1C=C(C(C)(C)C)C(=O)C(C(C)(C)C)=C1)c1cccc(C(/N=N/c2ccccc2OC)=C2C=C(C(C)(C)C)C(=O)C(C(C)(C)C)=C2)n1. The Bertz CT molecular complexity index is 2140. The summed E-state index contributed by atoms with van der Waals surface area (Å²) in [7, 11) is 3.18. The number of allylic oxidation sites excluding steroid dienone is 10. The Balaban J connectivity index is 1.89. The molecule has 9 heteroatoms. The van der Waals surface area contributed by atoms with E-state index in [0.717, 1.165) is 0 Å². The molecular formula is C49H57N5O4. The fourth-order valence-corrected chi connectivity index (χ4v) is 6.60. The number of ketones is 2. The maximum atomic E-state index is 14.0. The average molecular weight is 780 g/mol. The Hall–Kier alpha value is -5.83. The summed E-state index contributed by atoms with van der Waals surface area (Å²) in [6, 6.07) is 20.4. The first-order valence-electron chi connectivity index (χ1n) is 19.6. The molecule has 0 saturated carbocycles. The Kier molecular flexibility index (Phi) is 12.4. The quantitative estimate of drug-likeness (QED) is 0.211. The van der Waals surface area contributed by atoms with E-state index in [1.807, 2.05) is 174 Å². The van der Waals surface area contributed by atoms with Crippen LogP contribution in [-0.4, -0.2) is 30.8 Å². The van der Waals surface area contributed by atoms with Crippen LogP contribution in [0.5, 0.6) is 11.5 Å². The summed E-state index contributed by atoms with van der Waals surface area (Å²) in [6.07, 6.45) is 7.64. The van der Waals surface area contributed by atoms with E-state index in [9.17, 15) is 9.59 Å². The second-order valence-corrected chi connectivity index (χ2v) is 18.6. The summed E-state index contributed by atoms with van der Waals surface area (Å²) >= 11 is 0. The molecule has 302 valence electrons. The van der Waals surface area contributed by atoms with E-state index in [0.29, 0.717) is 79.1 Å². The van der Waals surface area contributed by atoms with Gasteiger partial charge in [-0.3, -0.25) is 9.59 Å². The minimum atomic E-state index is -0.462. The van der Waals surface area contributed by atoms with Gasteiger partial charge < -0.3 is 9.47 Å². The molecule has 0 N–H and O–H groups in total. The molecule has 0 spiro atoms. The minimum Gasteiger partial charge on any atom is -0.494 e. The van der Waals surface area contributed by atoms with Crippen LogP contribution in [0.4, 0.5) is 11.4 Å². The standard InChI is InChI=1S/C49H57N5O4/c1-46(2,3)32-26-30(27-33(44(32)55)47(4,5)6)42(53-51-36-20-15-17-24-40(36)57-13)38-22-19-23-39(50-38)43(54-52-37-21-16-18-25-41(37)58-14)31-28-34(48(7,8)9)45(56)35(29-31)49(10,11)12/h15-29H,1-14H3/b53-51+,54-52+. The molecule has 5 rings (SSSR count). The van der Waals surface area contributed by atoms with Gasteiger partial charge in [-0.25, -0.2) is 4.98 Å². The molecule has 58 heavy (non-hydrogen) atoms. The van der Waals surface area contributed by atoms with E-state index in [1.54, 1.807) is 14.2 Å². The number of pyridine rings is 1. The number of azo groups is 2. The second kappa shape index (κ2) is 16.6. The van der Waals surface area contributed by atoms with Crippen LogP contribution < -0.4 is 9.47 Å². The molecule has 0 radical (unpaired) electrons. The smallest absolute Gasteiger partial charge is 0.186 e. The zero-order valence-corrected chi connectivity index (χ0v) is 36.5. The lowest BCUT2D eigenvalue weighted by Gasteiger charge is -2.31. The topological polar surface area (TPSA) is 115 Å². The number of aromatic nitrogens is 1. The molecular weight excluding hydrogens is 723 g/mol. The first-order valence-corrected chi connectivity index (χ1v) is 19.6. The predicted molar refractivity (Wildman–Crippen MR) is 233 cm³/mol. The van der Waals surface area contributed by atoms with Crippen molar-refractivity contribution in [2.45, 2.75) is 83.1 Å². The zero-order valence-electron chi connectivity index (χ0n) is 36.5. The van der Waals surface area contributed by atoms with Crippen molar-refractivity contribution in [3.05, 3.63) is 136 Å². The number of para-hydroxylation sites is 2. The van der Waals surface area contributed by atoms with Gasteiger partial charge in [-0.05, 0) is 82.4 Å². The van der Waals surface area contributed by atoms with Gasteiger partial charge in [0.25, 0.3) is 0 Å². The molecule has 1 heterocycles. The van der Waals surface area contributed by atoms with Gasteiger partial charge in [-0.15, -0.1) is 20.5 Å². The van der Waals surface area contributed by atoms with Crippen molar-refractivity contribution in [3.63, 3.8) is 0 Å². The molecule has 0 aliphatic heterocycles. The monoisotopic (exact) mass is 779 g/mol. The lowest BCUT2D eigenvalue weighted by molar-refractivity contribution is -0.114. The van der Waals surface area contributed by atoms with Gasteiger partial charge in [-0.1, -0.05) is 113 Å². The van der Waals surface area contributed by atoms with E-state index in [2.05, 4.69) is 0 Å². The van der Waals surface area contributed by atoms with Gasteiger partial charge in [0.05, 0.1) is 25.6 Å². The molecule has 0 unspecified atom stereocenters. The van der Waals surface area contributed by atoms with Gasteiger partial charge in [0.2, 0.25) is 0 Å². The fourth-order valence-electron chi connectivity index (χ4n) is 6.60. The average Bonchev–Trinajstić information content (AvgIpc) is 3.14. The van der Waals surface area contributed by atoms with Gasteiger partial charge in [0.15, 0.2) is 11.6 Å². The van der Waals surface area contributed by atoms with E-state index in [-0.39, 0.29) is 11.6 Å². The van der Waals surface area contributed by atoms with E-state index in [4.69, 9.17) is 34.9 Å². The van der Waals surface area contributed by atoms with Crippen LogP contribution in [-0.2, 0) is 9.59 Å². The van der Waals surface area contributed by atoms with Crippen LogP contribution in [0.3, 0.4) is 0 Å². The minimum absolute atomic E-state index is 0.00461. The number of nitrogens with zero attached hydrogens (tertiary/aromatic N) is 5. The fraction of sp³-hybridized carbons (Fsp3) is 0.367. The highest BCUT2D eigenvalue weighted by atomic mass is 16.5. The first-order chi connectivity index (χ1) is 27.0. The molecule has 9 nitrogen and oxygen atoms in total. The van der Waals surface area contributed by atoms with E-state index in [1.165, 1.54) is 0 Å². The summed E-state index contributed by atoms with van der Waals surface area (Å²) in [5.41, 5.74) is 5.14. The zero-order chi connectivity index (χ0) is 42.8. The number of rotatable bonds is 8. The number of ether oxygens (including phenoxy) is 2.